The van der Waals surface area contributed by atoms with Crippen molar-refractivity contribution in [2.45, 2.75) is 29.4 Å². The number of aryl methyl sites for hydroxylation is 1. The molecule has 0 saturated heterocycles. The topological polar surface area (TPSA) is 51.2 Å². The highest BCUT2D eigenvalue weighted by molar-refractivity contribution is 7.92. The molecule has 0 spiro atoms. The van der Waals surface area contributed by atoms with E-state index in [1.54, 1.807) is 30.3 Å². The molecular weight excluding hydrogens is 296 g/mol. The zero-order valence-corrected chi connectivity index (χ0v) is 13.2. The van der Waals surface area contributed by atoms with E-state index < -0.39 is 21.0 Å². The van der Waals surface area contributed by atoms with Gasteiger partial charge in [-0.25, -0.2) is 8.42 Å². The minimum atomic E-state index is -3.47. The molecule has 1 aliphatic carbocycles. The SMILES string of the molecule is CCc1ccc([C@@H]2[C@@H](C=O)[C@@H]2S(=O)(=O)c2ccccc2)cc1. The first-order valence-corrected chi connectivity index (χ1v) is 8.97. The lowest BCUT2D eigenvalue weighted by Gasteiger charge is -2.04. The quantitative estimate of drug-likeness (QED) is 0.797. The maximum atomic E-state index is 12.7. The summed E-state index contributed by atoms with van der Waals surface area (Å²) < 4.78 is 25.4. The zero-order chi connectivity index (χ0) is 15.7. The third-order valence-electron chi connectivity index (χ3n) is 4.37. The van der Waals surface area contributed by atoms with E-state index in [0.717, 1.165) is 18.3 Å². The molecular formula is C18H18O3S. The average molecular weight is 314 g/mol. The van der Waals surface area contributed by atoms with Gasteiger partial charge in [0.1, 0.15) is 6.29 Å². The number of hydrogen-bond donors (Lipinski definition) is 0. The average Bonchev–Trinajstić information content (AvgIpc) is 3.31. The van der Waals surface area contributed by atoms with Crippen LogP contribution in [0.1, 0.15) is 24.0 Å². The first kappa shape index (κ1) is 15.0. The van der Waals surface area contributed by atoms with Gasteiger partial charge in [-0.1, -0.05) is 49.4 Å². The fourth-order valence-corrected chi connectivity index (χ4v) is 5.15. The zero-order valence-electron chi connectivity index (χ0n) is 12.3. The second kappa shape index (κ2) is 5.69. The molecule has 3 atom stereocenters. The second-order valence-corrected chi connectivity index (χ2v) is 7.76. The molecule has 0 amide bonds. The molecule has 1 aliphatic rings. The fraction of sp³-hybridized carbons (Fsp3) is 0.278. The molecule has 0 aromatic heterocycles. The van der Waals surface area contributed by atoms with Gasteiger partial charge in [-0.15, -0.1) is 0 Å². The van der Waals surface area contributed by atoms with Crippen molar-refractivity contribution >= 4 is 16.1 Å². The molecule has 0 aliphatic heterocycles. The molecule has 4 heteroatoms. The molecule has 0 unspecified atom stereocenters. The Kier molecular flexibility index (Phi) is 3.87. The Morgan fingerprint density at radius 3 is 2.18 bits per heavy atom. The minimum Gasteiger partial charge on any atom is -0.303 e. The number of rotatable bonds is 5. The molecule has 3 rings (SSSR count). The Balaban J connectivity index is 1.93. The highest BCUT2D eigenvalue weighted by Crippen LogP contribution is 2.52. The van der Waals surface area contributed by atoms with Gasteiger partial charge in [0.15, 0.2) is 9.84 Å². The Morgan fingerprint density at radius 2 is 1.64 bits per heavy atom. The standard InChI is InChI=1S/C18H18O3S/c1-2-13-8-10-14(11-9-13)17-16(12-19)18(17)22(20,21)15-6-4-3-5-7-15/h3-12,16-18H,2H2,1H3/t16-,17-,18+/m1/s1. The summed E-state index contributed by atoms with van der Waals surface area (Å²) in [4.78, 5) is 11.6. The van der Waals surface area contributed by atoms with Gasteiger partial charge in [0.2, 0.25) is 0 Å². The number of hydrogen-bond acceptors (Lipinski definition) is 3. The van der Waals surface area contributed by atoms with Crippen LogP contribution in [0.2, 0.25) is 0 Å². The first-order chi connectivity index (χ1) is 10.6. The number of carbonyl (C=O) groups excluding carboxylic acids is 1. The largest absolute Gasteiger partial charge is 0.303 e. The molecule has 2 aromatic rings. The van der Waals surface area contributed by atoms with Gasteiger partial charge in [0.05, 0.1) is 10.1 Å². The van der Waals surface area contributed by atoms with Crippen LogP contribution in [-0.4, -0.2) is 20.0 Å². The van der Waals surface area contributed by atoms with Crippen LogP contribution in [0.15, 0.2) is 59.5 Å². The van der Waals surface area contributed by atoms with E-state index in [4.69, 9.17) is 0 Å². The third kappa shape index (κ3) is 2.48. The maximum absolute atomic E-state index is 12.7. The van der Waals surface area contributed by atoms with E-state index in [0.29, 0.717) is 4.90 Å². The van der Waals surface area contributed by atoms with Crippen LogP contribution < -0.4 is 0 Å². The summed E-state index contributed by atoms with van der Waals surface area (Å²) in [5.74, 6) is -0.675. The summed E-state index contributed by atoms with van der Waals surface area (Å²) in [5, 5.41) is -0.639. The summed E-state index contributed by atoms with van der Waals surface area (Å²) in [6.45, 7) is 2.07. The predicted molar refractivity (Wildman–Crippen MR) is 85.5 cm³/mol. The molecule has 3 nitrogen and oxygen atoms in total. The summed E-state index contributed by atoms with van der Waals surface area (Å²) >= 11 is 0. The number of carbonyl (C=O) groups is 1. The van der Waals surface area contributed by atoms with Crippen LogP contribution in [0.4, 0.5) is 0 Å². The normalized spacial score (nSPS) is 24.0. The molecule has 1 fully saturated rings. The summed E-state index contributed by atoms with van der Waals surface area (Å²) in [5.41, 5.74) is 2.13. The lowest BCUT2D eigenvalue weighted by Crippen LogP contribution is -2.10. The van der Waals surface area contributed by atoms with Crippen molar-refractivity contribution in [1.29, 1.82) is 0 Å². The van der Waals surface area contributed by atoms with Crippen molar-refractivity contribution in [3.63, 3.8) is 0 Å². The highest BCUT2D eigenvalue weighted by atomic mass is 32.2. The lowest BCUT2D eigenvalue weighted by molar-refractivity contribution is -0.108. The van der Waals surface area contributed by atoms with E-state index in [1.165, 1.54) is 5.56 Å². The van der Waals surface area contributed by atoms with Gasteiger partial charge in [-0.05, 0) is 29.7 Å². The molecule has 0 bridgehead atoms. The third-order valence-corrected chi connectivity index (χ3v) is 6.62. The molecule has 0 N–H and O–H groups in total. The summed E-state index contributed by atoms with van der Waals surface area (Å²) in [7, 11) is -3.47. The Bertz CT molecular complexity index is 764. The van der Waals surface area contributed by atoms with E-state index in [2.05, 4.69) is 6.92 Å². The smallest absolute Gasteiger partial charge is 0.182 e. The molecule has 22 heavy (non-hydrogen) atoms. The minimum absolute atomic E-state index is 0.228. The van der Waals surface area contributed by atoms with E-state index in [9.17, 15) is 13.2 Å². The molecule has 1 saturated carbocycles. The number of sulfone groups is 1. The van der Waals surface area contributed by atoms with Gasteiger partial charge in [0.25, 0.3) is 0 Å². The maximum Gasteiger partial charge on any atom is 0.182 e. The van der Waals surface area contributed by atoms with Crippen molar-refractivity contribution in [2.24, 2.45) is 5.92 Å². The lowest BCUT2D eigenvalue weighted by atomic mass is 10.1. The Hall–Kier alpha value is -1.94. The van der Waals surface area contributed by atoms with Gasteiger partial charge >= 0.3 is 0 Å². The Morgan fingerprint density at radius 1 is 1.00 bits per heavy atom. The van der Waals surface area contributed by atoms with Crippen molar-refractivity contribution in [3.8, 4) is 0 Å². The van der Waals surface area contributed by atoms with Crippen molar-refractivity contribution in [2.75, 3.05) is 0 Å². The van der Waals surface area contributed by atoms with E-state index >= 15 is 0 Å². The van der Waals surface area contributed by atoms with Gasteiger partial charge in [-0.2, -0.15) is 0 Å². The van der Waals surface area contributed by atoms with Gasteiger partial charge in [-0.3, -0.25) is 0 Å². The van der Waals surface area contributed by atoms with Crippen LogP contribution in [0.25, 0.3) is 0 Å². The van der Waals surface area contributed by atoms with Crippen LogP contribution in [0.3, 0.4) is 0 Å². The van der Waals surface area contributed by atoms with Crippen molar-refractivity contribution < 1.29 is 13.2 Å². The Labute approximate surface area is 130 Å². The van der Waals surface area contributed by atoms with Crippen molar-refractivity contribution in [3.05, 3.63) is 65.7 Å². The molecule has 2 aromatic carbocycles. The van der Waals surface area contributed by atoms with E-state index in [1.807, 2.05) is 24.3 Å². The van der Waals surface area contributed by atoms with Gasteiger partial charge < -0.3 is 4.79 Å². The molecule has 0 heterocycles. The van der Waals surface area contributed by atoms with Gasteiger partial charge in [0, 0.05) is 11.8 Å². The second-order valence-electron chi connectivity index (χ2n) is 5.66. The molecule has 0 radical (unpaired) electrons. The van der Waals surface area contributed by atoms with Crippen LogP contribution in [-0.2, 0) is 21.1 Å². The fourth-order valence-electron chi connectivity index (χ4n) is 3.02. The monoisotopic (exact) mass is 314 g/mol. The summed E-state index contributed by atoms with van der Waals surface area (Å²) in [6, 6.07) is 16.3. The highest BCUT2D eigenvalue weighted by Gasteiger charge is 2.58. The number of benzene rings is 2. The first-order valence-electron chi connectivity index (χ1n) is 7.42. The number of aldehydes is 1. The van der Waals surface area contributed by atoms with E-state index in [-0.39, 0.29) is 5.92 Å². The summed E-state index contributed by atoms with van der Waals surface area (Å²) in [6.07, 6.45) is 1.72. The van der Waals surface area contributed by atoms with Crippen LogP contribution >= 0.6 is 0 Å². The van der Waals surface area contributed by atoms with Crippen molar-refractivity contribution in [1.82, 2.24) is 0 Å². The molecule has 114 valence electrons. The predicted octanol–water partition coefficient (Wildman–Crippen LogP) is 3.00. The van der Waals surface area contributed by atoms with Crippen LogP contribution in [0, 0.1) is 5.92 Å². The van der Waals surface area contributed by atoms with Crippen LogP contribution in [0.5, 0.6) is 0 Å².